The van der Waals surface area contributed by atoms with Gasteiger partial charge in [0.2, 0.25) is 5.60 Å². The molecule has 1 N–H and O–H groups in total. The number of methoxy groups -OCH3 is 1. The van der Waals surface area contributed by atoms with Crippen LogP contribution in [0.2, 0.25) is 10.0 Å². The minimum Gasteiger partial charge on any atom is -0.466 e. The average Bonchev–Trinajstić information content (AvgIpc) is 2.46. The van der Waals surface area contributed by atoms with Gasteiger partial charge in [0.15, 0.2) is 0 Å². The van der Waals surface area contributed by atoms with Gasteiger partial charge in [0.05, 0.1) is 7.11 Å². The fourth-order valence-electron chi connectivity index (χ4n) is 2.02. The molecule has 0 amide bonds. The molecular formula is C15H12Cl2O3. The summed E-state index contributed by atoms with van der Waals surface area (Å²) in [4.78, 5) is 12.1. The van der Waals surface area contributed by atoms with Crippen molar-refractivity contribution in [2.75, 3.05) is 7.11 Å². The maximum atomic E-state index is 12.1. The van der Waals surface area contributed by atoms with Crippen molar-refractivity contribution in [2.45, 2.75) is 5.60 Å². The molecule has 0 fully saturated rings. The number of esters is 1. The molecule has 0 unspecified atom stereocenters. The third-order valence-electron chi connectivity index (χ3n) is 3.01. The topological polar surface area (TPSA) is 46.5 Å². The number of hydrogen-bond acceptors (Lipinski definition) is 3. The number of carbonyl (C=O) groups excluding carboxylic acids is 1. The Bertz CT molecular complexity index is 595. The highest BCUT2D eigenvalue weighted by atomic mass is 35.5. The number of aliphatic hydroxyl groups is 1. The predicted molar refractivity (Wildman–Crippen MR) is 77.9 cm³/mol. The Kier molecular flexibility index (Phi) is 4.33. The summed E-state index contributed by atoms with van der Waals surface area (Å²) in [6.07, 6.45) is 0. The lowest BCUT2D eigenvalue weighted by Gasteiger charge is -2.27. The molecule has 0 aliphatic carbocycles. The smallest absolute Gasteiger partial charge is 0.347 e. The zero-order chi connectivity index (χ0) is 14.8. The molecule has 20 heavy (non-hydrogen) atoms. The number of hydrogen-bond donors (Lipinski definition) is 1. The normalized spacial score (nSPS) is 11.2. The van der Waals surface area contributed by atoms with E-state index >= 15 is 0 Å². The summed E-state index contributed by atoms with van der Waals surface area (Å²) in [5, 5.41) is 11.4. The van der Waals surface area contributed by atoms with Gasteiger partial charge in [-0.1, -0.05) is 59.6 Å². The van der Waals surface area contributed by atoms with Gasteiger partial charge in [0.25, 0.3) is 0 Å². The van der Waals surface area contributed by atoms with Crippen LogP contribution in [0.15, 0.2) is 48.5 Å². The van der Waals surface area contributed by atoms with Crippen molar-refractivity contribution in [3.05, 3.63) is 69.7 Å². The molecule has 0 saturated heterocycles. The fraction of sp³-hybridized carbons (Fsp3) is 0.133. The van der Waals surface area contributed by atoms with E-state index in [-0.39, 0.29) is 21.2 Å². The van der Waals surface area contributed by atoms with E-state index in [9.17, 15) is 9.90 Å². The van der Waals surface area contributed by atoms with E-state index in [1.54, 1.807) is 48.5 Å². The van der Waals surface area contributed by atoms with Crippen molar-refractivity contribution in [1.82, 2.24) is 0 Å². The molecular weight excluding hydrogens is 299 g/mol. The maximum Gasteiger partial charge on any atom is 0.347 e. The lowest BCUT2D eigenvalue weighted by atomic mass is 9.86. The Morgan fingerprint density at radius 2 is 1.40 bits per heavy atom. The SMILES string of the molecule is COC(=O)C(O)(c1ccccc1Cl)c1ccccc1Cl. The summed E-state index contributed by atoms with van der Waals surface area (Å²) < 4.78 is 4.73. The first kappa shape index (κ1) is 14.9. The van der Waals surface area contributed by atoms with E-state index in [0.29, 0.717) is 0 Å². The Morgan fingerprint density at radius 1 is 1.00 bits per heavy atom. The Balaban J connectivity index is 2.74. The van der Waals surface area contributed by atoms with Crippen molar-refractivity contribution in [3.8, 4) is 0 Å². The van der Waals surface area contributed by atoms with Gasteiger partial charge >= 0.3 is 5.97 Å². The van der Waals surface area contributed by atoms with E-state index in [2.05, 4.69) is 0 Å². The maximum absolute atomic E-state index is 12.1. The quantitative estimate of drug-likeness (QED) is 0.884. The van der Waals surface area contributed by atoms with Crippen LogP contribution >= 0.6 is 23.2 Å². The van der Waals surface area contributed by atoms with Crippen molar-refractivity contribution in [1.29, 1.82) is 0 Å². The molecule has 0 heterocycles. The van der Waals surface area contributed by atoms with Crippen molar-refractivity contribution in [3.63, 3.8) is 0 Å². The van der Waals surface area contributed by atoms with Crippen molar-refractivity contribution < 1.29 is 14.6 Å². The number of ether oxygens (including phenoxy) is 1. The second-order valence-electron chi connectivity index (χ2n) is 4.16. The van der Waals surface area contributed by atoms with Crippen LogP contribution in [0, 0.1) is 0 Å². The molecule has 0 saturated carbocycles. The number of halogens is 2. The van der Waals surface area contributed by atoms with Crippen molar-refractivity contribution >= 4 is 29.2 Å². The Morgan fingerprint density at radius 3 is 1.75 bits per heavy atom. The first-order chi connectivity index (χ1) is 9.51. The third-order valence-corrected chi connectivity index (χ3v) is 3.67. The van der Waals surface area contributed by atoms with Crippen LogP contribution in [-0.4, -0.2) is 18.2 Å². The summed E-state index contributed by atoms with van der Waals surface area (Å²) in [5.74, 6) is -0.848. The van der Waals surface area contributed by atoms with Crippen LogP contribution in [0.25, 0.3) is 0 Å². The number of benzene rings is 2. The largest absolute Gasteiger partial charge is 0.466 e. The number of rotatable bonds is 3. The second-order valence-corrected chi connectivity index (χ2v) is 4.98. The Labute approximate surface area is 126 Å². The zero-order valence-corrected chi connectivity index (χ0v) is 12.2. The summed E-state index contributed by atoms with van der Waals surface area (Å²) in [6, 6.07) is 13.0. The van der Waals surface area contributed by atoms with Gasteiger partial charge in [-0.05, 0) is 12.1 Å². The lowest BCUT2D eigenvalue weighted by molar-refractivity contribution is -0.158. The van der Waals surface area contributed by atoms with Gasteiger partial charge in [-0.3, -0.25) is 0 Å². The first-order valence-electron chi connectivity index (χ1n) is 5.82. The molecule has 2 aromatic rings. The molecule has 0 spiro atoms. The van der Waals surface area contributed by atoms with Crippen LogP contribution in [0.1, 0.15) is 11.1 Å². The molecule has 5 heteroatoms. The van der Waals surface area contributed by atoms with Crippen LogP contribution in [0.4, 0.5) is 0 Å². The molecule has 0 radical (unpaired) electrons. The third kappa shape index (κ3) is 2.40. The van der Waals surface area contributed by atoms with Gasteiger partial charge in [0, 0.05) is 21.2 Å². The highest BCUT2D eigenvalue weighted by Crippen LogP contribution is 2.38. The second kappa shape index (κ2) is 5.83. The first-order valence-corrected chi connectivity index (χ1v) is 6.58. The van der Waals surface area contributed by atoms with Gasteiger partial charge in [0.1, 0.15) is 0 Å². The van der Waals surface area contributed by atoms with Crippen LogP contribution < -0.4 is 0 Å². The highest BCUT2D eigenvalue weighted by molar-refractivity contribution is 6.33. The average molecular weight is 311 g/mol. The molecule has 3 nitrogen and oxygen atoms in total. The van der Waals surface area contributed by atoms with E-state index < -0.39 is 11.6 Å². The molecule has 2 rings (SSSR count). The van der Waals surface area contributed by atoms with E-state index in [1.807, 2.05) is 0 Å². The summed E-state index contributed by atoms with van der Waals surface area (Å²) >= 11 is 12.2. The molecule has 0 aromatic heterocycles. The van der Waals surface area contributed by atoms with E-state index in [4.69, 9.17) is 27.9 Å². The predicted octanol–water partition coefficient (Wildman–Crippen LogP) is 3.40. The minimum absolute atomic E-state index is 0.224. The zero-order valence-electron chi connectivity index (χ0n) is 10.6. The standard InChI is InChI=1S/C15H12Cl2O3/c1-20-14(18)15(19,10-6-2-4-8-12(10)16)11-7-3-5-9-13(11)17/h2-9,19H,1H3. The fourth-order valence-corrected chi connectivity index (χ4v) is 2.57. The van der Waals surface area contributed by atoms with Crippen LogP contribution in [0.3, 0.4) is 0 Å². The highest BCUT2D eigenvalue weighted by Gasteiger charge is 2.44. The summed E-state index contributed by atoms with van der Waals surface area (Å²) in [5.41, 5.74) is -1.60. The summed E-state index contributed by atoms with van der Waals surface area (Å²) in [6.45, 7) is 0. The molecule has 2 aromatic carbocycles. The number of carbonyl (C=O) groups is 1. The Hall–Kier alpha value is -1.55. The van der Waals surface area contributed by atoms with Crippen LogP contribution in [-0.2, 0) is 15.1 Å². The van der Waals surface area contributed by atoms with Crippen molar-refractivity contribution in [2.24, 2.45) is 0 Å². The molecule has 0 bridgehead atoms. The van der Waals surface area contributed by atoms with E-state index in [0.717, 1.165) is 0 Å². The lowest BCUT2D eigenvalue weighted by Crippen LogP contribution is -2.38. The van der Waals surface area contributed by atoms with E-state index in [1.165, 1.54) is 7.11 Å². The monoisotopic (exact) mass is 310 g/mol. The minimum atomic E-state index is -2.05. The molecule has 0 atom stereocenters. The molecule has 104 valence electrons. The van der Waals surface area contributed by atoms with Gasteiger partial charge < -0.3 is 9.84 Å². The molecule has 0 aliphatic heterocycles. The van der Waals surface area contributed by atoms with Crippen LogP contribution in [0.5, 0.6) is 0 Å². The molecule has 0 aliphatic rings. The van der Waals surface area contributed by atoms with Gasteiger partial charge in [-0.25, -0.2) is 4.79 Å². The van der Waals surface area contributed by atoms with Gasteiger partial charge in [-0.2, -0.15) is 0 Å². The summed E-state index contributed by atoms with van der Waals surface area (Å²) in [7, 11) is 1.20. The van der Waals surface area contributed by atoms with Gasteiger partial charge in [-0.15, -0.1) is 0 Å².